The van der Waals surface area contributed by atoms with Gasteiger partial charge in [0.05, 0.1) is 7.11 Å². The summed E-state index contributed by atoms with van der Waals surface area (Å²) in [6.07, 6.45) is 1.86. The third-order valence-electron chi connectivity index (χ3n) is 4.52. The molecule has 1 aliphatic heterocycles. The van der Waals surface area contributed by atoms with Gasteiger partial charge in [-0.2, -0.15) is 0 Å². The molecule has 4 nitrogen and oxygen atoms in total. The van der Waals surface area contributed by atoms with Crippen LogP contribution in [0.2, 0.25) is 0 Å². The summed E-state index contributed by atoms with van der Waals surface area (Å²) in [5.74, 6) is 1.18. The largest absolute Gasteiger partial charge is 0.493 e. The average molecular weight is 436 g/mol. The van der Waals surface area contributed by atoms with E-state index < -0.39 is 0 Å². The van der Waals surface area contributed by atoms with Gasteiger partial charge in [-0.3, -0.25) is 4.79 Å². The van der Waals surface area contributed by atoms with Gasteiger partial charge >= 0.3 is 0 Å². The van der Waals surface area contributed by atoms with Crippen molar-refractivity contribution in [3.63, 3.8) is 0 Å². The Morgan fingerprint density at radius 3 is 2.57 bits per heavy atom. The number of para-hydroxylation sites is 1. The topological polar surface area (TPSA) is 47.6 Å². The van der Waals surface area contributed by atoms with E-state index in [0.717, 1.165) is 26.9 Å². The first-order chi connectivity index (χ1) is 13.6. The number of rotatable bonds is 5. The van der Waals surface area contributed by atoms with E-state index >= 15 is 0 Å². The Labute approximate surface area is 171 Å². The molecule has 3 aromatic carbocycles. The number of hydrogen-bond acceptors (Lipinski definition) is 3. The van der Waals surface area contributed by atoms with Gasteiger partial charge < -0.3 is 14.8 Å². The molecule has 0 fully saturated rings. The number of nitrogens with one attached hydrogen (secondary N) is 1. The predicted octanol–water partition coefficient (Wildman–Crippen LogP) is 5.53. The molecule has 0 atom stereocenters. The van der Waals surface area contributed by atoms with Gasteiger partial charge in [-0.15, -0.1) is 0 Å². The van der Waals surface area contributed by atoms with Crippen molar-refractivity contribution in [1.82, 2.24) is 0 Å². The van der Waals surface area contributed by atoms with Crippen molar-refractivity contribution in [3.05, 3.63) is 87.9 Å². The number of halogens is 1. The maximum Gasteiger partial charge on any atom is 0.256 e. The summed E-state index contributed by atoms with van der Waals surface area (Å²) in [6.45, 7) is 0.444. The second-order valence-electron chi connectivity index (χ2n) is 6.38. The maximum atomic E-state index is 12.3. The molecule has 5 heteroatoms. The molecular weight excluding hydrogens is 418 g/mol. The summed E-state index contributed by atoms with van der Waals surface area (Å²) in [5, 5.41) is 2.88. The summed E-state index contributed by atoms with van der Waals surface area (Å²) in [4.78, 5) is 12.3. The predicted molar refractivity (Wildman–Crippen MR) is 114 cm³/mol. The molecule has 1 amide bonds. The summed E-state index contributed by atoms with van der Waals surface area (Å²) in [7, 11) is 1.61. The van der Waals surface area contributed by atoms with Crippen LogP contribution in [0.5, 0.6) is 11.5 Å². The van der Waals surface area contributed by atoms with Crippen LogP contribution in [0.4, 0.5) is 5.69 Å². The first-order valence-electron chi connectivity index (χ1n) is 8.82. The van der Waals surface area contributed by atoms with Crippen molar-refractivity contribution in [2.24, 2.45) is 0 Å². The van der Waals surface area contributed by atoms with Gasteiger partial charge in [0.2, 0.25) is 0 Å². The van der Waals surface area contributed by atoms with Crippen LogP contribution in [0.3, 0.4) is 0 Å². The van der Waals surface area contributed by atoms with Gasteiger partial charge in [-0.25, -0.2) is 0 Å². The minimum atomic E-state index is -0.101. The number of methoxy groups -OCH3 is 1. The molecule has 1 aliphatic rings. The van der Waals surface area contributed by atoms with Crippen LogP contribution in [0.25, 0.3) is 11.6 Å². The first-order valence-corrected chi connectivity index (χ1v) is 9.61. The lowest BCUT2D eigenvalue weighted by atomic mass is 10.0. The summed E-state index contributed by atoms with van der Waals surface area (Å²) in [5.41, 5.74) is 4.31. The molecule has 140 valence electrons. The fourth-order valence-corrected chi connectivity index (χ4v) is 3.35. The van der Waals surface area contributed by atoms with E-state index in [1.54, 1.807) is 7.11 Å². The minimum Gasteiger partial charge on any atom is -0.493 e. The number of carbonyl (C=O) groups excluding carboxylic acids is 1. The Hall–Kier alpha value is -3.05. The van der Waals surface area contributed by atoms with Crippen LogP contribution in [-0.2, 0) is 11.4 Å². The maximum absolute atomic E-state index is 12.3. The summed E-state index contributed by atoms with van der Waals surface area (Å²) < 4.78 is 12.4. The third-order valence-corrected chi connectivity index (χ3v) is 5.05. The molecule has 3 aromatic rings. The number of benzene rings is 3. The number of ether oxygens (including phenoxy) is 2. The third kappa shape index (κ3) is 3.80. The van der Waals surface area contributed by atoms with Crippen molar-refractivity contribution >= 4 is 39.2 Å². The van der Waals surface area contributed by atoms with Crippen molar-refractivity contribution in [3.8, 4) is 11.5 Å². The molecular formula is C23H18BrNO3. The van der Waals surface area contributed by atoms with Crippen molar-refractivity contribution in [1.29, 1.82) is 0 Å². The molecule has 28 heavy (non-hydrogen) atoms. The molecule has 0 aliphatic carbocycles. The molecule has 0 spiro atoms. The summed E-state index contributed by atoms with van der Waals surface area (Å²) >= 11 is 3.43. The standard InChI is InChI=1S/C23H18BrNO3/c1-27-22-13-16(12-19-18-4-2-3-5-20(18)25-23(19)26)8-11-21(22)28-14-15-6-9-17(24)10-7-15/h2-13H,14H2,1H3,(H,25,26). The van der Waals surface area contributed by atoms with Crippen molar-refractivity contribution in [2.45, 2.75) is 6.61 Å². The van der Waals surface area contributed by atoms with E-state index in [4.69, 9.17) is 9.47 Å². The van der Waals surface area contributed by atoms with Gasteiger partial charge in [0.1, 0.15) is 6.61 Å². The van der Waals surface area contributed by atoms with Crippen LogP contribution < -0.4 is 14.8 Å². The van der Waals surface area contributed by atoms with Crippen LogP contribution in [-0.4, -0.2) is 13.0 Å². The molecule has 0 bridgehead atoms. The highest BCUT2D eigenvalue weighted by Crippen LogP contribution is 2.35. The SMILES string of the molecule is COc1cc(C=C2C(=O)Nc3ccccc32)ccc1OCc1ccc(Br)cc1. The van der Waals surface area contributed by atoms with Gasteiger partial charge in [-0.05, 0) is 47.5 Å². The number of hydrogen-bond donors (Lipinski definition) is 1. The van der Waals surface area contributed by atoms with E-state index in [0.29, 0.717) is 23.7 Å². The molecule has 0 unspecified atom stereocenters. The van der Waals surface area contributed by atoms with Gasteiger partial charge in [0.25, 0.3) is 5.91 Å². The van der Waals surface area contributed by atoms with Crippen LogP contribution in [0, 0.1) is 0 Å². The Balaban J connectivity index is 1.57. The number of amides is 1. The lowest BCUT2D eigenvalue weighted by Gasteiger charge is -2.12. The molecule has 1 heterocycles. The van der Waals surface area contributed by atoms with Crippen molar-refractivity contribution < 1.29 is 14.3 Å². The molecule has 0 saturated carbocycles. The van der Waals surface area contributed by atoms with Crippen LogP contribution >= 0.6 is 15.9 Å². The van der Waals surface area contributed by atoms with E-state index in [2.05, 4.69) is 21.2 Å². The zero-order valence-electron chi connectivity index (χ0n) is 15.2. The van der Waals surface area contributed by atoms with Gasteiger partial charge in [-0.1, -0.05) is 52.3 Å². The lowest BCUT2D eigenvalue weighted by molar-refractivity contribution is -0.110. The normalized spacial score (nSPS) is 13.9. The molecule has 0 aromatic heterocycles. The lowest BCUT2D eigenvalue weighted by Crippen LogP contribution is -2.03. The monoisotopic (exact) mass is 435 g/mol. The number of anilines is 1. The van der Waals surface area contributed by atoms with E-state index in [1.807, 2.05) is 72.8 Å². The average Bonchev–Trinajstić information content (AvgIpc) is 3.03. The zero-order valence-corrected chi connectivity index (χ0v) is 16.8. The molecule has 0 radical (unpaired) electrons. The summed E-state index contributed by atoms with van der Waals surface area (Å²) in [6, 6.07) is 21.3. The Morgan fingerprint density at radius 1 is 1.00 bits per heavy atom. The quantitative estimate of drug-likeness (QED) is 0.535. The fourth-order valence-electron chi connectivity index (χ4n) is 3.08. The Kier molecular flexibility index (Phi) is 5.17. The van der Waals surface area contributed by atoms with Gasteiger partial charge in [0, 0.05) is 21.3 Å². The fraction of sp³-hybridized carbons (Fsp3) is 0.0870. The highest BCUT2D eigenvalue weighted by atomic mass is 79.9. The molecule has 0 saturated heterocycles. The smallest absolute Gasteiger partial charge is 0.256 e. The van der Waals surface area contributed by atoms with E-state index in [9.17, 15) is 4.79 Å². The van der Waals surface area contributed by atoms with Crippen molar-refractivity contribution in [2.75, 3.05) is 12.4 Å². The van der Waals surface area contributed by atoms with E-state index in [-0.39, 0.29) is 5.91 Å². The second-order valence-corrected chi connectivity index (χ2v) is 7.30. The minimum absolute atomic E-state index is 0.101. The number of fused-ring (bicyclic) bond motifs is 1. The molecule has 1 N–H and O–H groups in total. The highest BCUT2D eigenvalue weighted by molar-refractivity contribution is 9.10. The molecule has 4 rings (SSSR count). The number of carbonyl (C=O) groups is 1. The van der Waals surface area contributed by atoms with Crippen LogP contribution in [0.15, 0.2) is 71.2 Å². The Morgan fingerprint density at radius 2 is 1.79 bits per heavy atom. The van der Waals surface area contributed by atoms with Gasteiger partial charge in [0.15, 0.2) is 11.5 Å². The van der Waals surface area contributed by atoms with E-state index in [1.165, 1.54) is 0 Å². The highest BCUT2D eigenvalue weighted by Gasteiger charge is 2.23. The van der Waals surface area contributed by atoms with Crippen LogP contribution in [0.1, 0.15) is 16.7 Å². The first kappa shape index (κ1) is 18.3. The Bertz CT molecular complexity index is 1060. The zero-order chi connectivity index (χ0) is 19.5. The second kappa shape index (κ2) is 7.90.